The first kappa shape index (κ1) is 21.3. The Labute approximate surface area is 184 Å². The molecule has 1 amide bonds. The molecular weight excluding hydrogens is 430 g/mol. The van der Waals surface area contributed by atoms with E-state index < -0.39 is 15.9 Å². The van der Waals surface area contributed by atoms with Gasteiger partial charge in [0.2, 0.25) is 10.0 Å². The Kier molecular flexibility index (Phi) is 6.06. The monoisotopic (exact) mass is 449 g/mol. The first-order chi connectivity index (χ1) is 15.4. The van der Waals surface area contributed by atoms with Crippen molar-refractivity contribution in [1.82, 2.24) is 19.5 Å². The van der Waals surface area contributed by atoms with E-state index in [9.17, 15) is 13.2 Å². The molecule has 0 unspecified atom stereocenters. The lowest BCUT2D eigenvalue weighted by molar-refractivity contribution is 0.102. The summed E-state index contributed by atoms with van der Waals surface area (Å²) in [5.74, 6) is -0.341. The number of benzene rings is 2. The number of hydrogen-bond donors (Lipinski definition) is 1. The number of amides is 1. The molecule has 9 nitrogen and oxygen atoms in total. The van der Waals surface area contributed by atoms with E-state index in [0.717, 1.165) is 5.56 Å². The number of hydrogen-bond acceptors (Lipinski definition) is 7. The summed E-state index contributed by atoms with van der Waals surface area (Å²) in [4.78, 5) is 16.7. The number of carbonyl (C=O) groups is 1. The minimum Gasteiger partial charge on any atom is -0.401 e. The molecule has 0 saturated heterocycles. The molecule has 0 aliphatic rings. The van der Waals surface area contributed by atoms with E-state index in [4.69, 9.17) is 4.42 Å². The summed E-state index contributed by atoms with van der Waals surface area (Å²) in [6, 6.07) is 20.1. The van der Waals surface area contributed by atoms with E-state index in [-0.39, 0.29) is 28.9 Å². The van der Waals surface area contributed by atoms with Crippen LogP contribution < -0.4 is 5.32 Å². The quantitative estimate of drug-likeness (QED) is 0.460. The van der Waals surface area contributed by atoms with Gasteiger partial charge >= 0.3 is 6.01 Å². The van der Waals surface area contributed by atoms with Crippen LogP contribution in [-0.4, -0.2) is 40.9 Å². The van der Waals surface area contributed by atoms with Crippen molar-refractivity contribution in [2.45, 2.75) is 11.4 Å². The van der Waals surface area contributed by atoms with Crippen LogP contribution in [0.4, 0.5) is 6.01 Å². The molecule has 0 aliphatic carbocycles. The van der Waals surface area contributed by atoms with Gasteiger partial charge in [-0.05, 0) is 42.0 Å². The molecular formula is C22H19N5O4S. The number of sulfonamides is 1. The molecule has 4 aromatic rings. The number of anilines is 1. The highest BCUT2D eigenvalue weighted by molar-refractivity contribution is 7.89. The lowest BCUT2D eigenvalue weighted by Crippen LogP contribution is -2.26. The minimum absolute atomic E-state index is 0.0858. The molecule has 1 N–H and O–H groups in total. The summed E-state index contributed by atoms with van der Waals surface area (Å²) in [7, 11) is -2.20. The maximum Gasteiger partial charge on any atom is 0.322 e. The van der Waals surface area contributed by atoms with E-state index in [1.807, 2.05) is 30.3 Å². The second-order valence-electron chi connectivity index (χ2n) is 6.85. The first-order valence-corrected chi connectivity index (χ1v) is 11.0. The second-order valence-corrected chi connectivity index (χ2v) is 8.90. The third kappa shape index (κ3) is 4.71. The standard InChI is InChI=1S/C22H19N5O4S/c1-27(15-16-7-3-2-4-8-16)32(29,30)18-12-10-17(11-13-18)20(28)24-22-26-25-21(31-22)19-9-5-6-14-23-19/h2-14H,15H2,1H3,(H,24,26,28). The van der Waals surface area contributed by atoms with Crippen LogP contribution in [0.2, 0.25) is 0 Å². The van der Waals surface area contributed by atoms with Gasteiger partial charge < -0.3 is 4.42 Å². The number of pyridine rings is 1. The topological polar surface area (TPSA) is 118 Å². The van der Waals surface area contributed by atoms with Crippen molar-refractivity contribution >= 4 is 21.9 Å². The van der Waals surface area contributed by atoms with Crippen molar-refractivity contribution in [3.63, 3.8) is 0 Å². The van der Waals surface area contributed by atoms with Crippen molar-refractivity contribution in [3.8, 4) is 11.6 Å². The number of aromatic nitrogens is 3. The highest BCUT2D eigenvalue weighted by atomic mass is 32.2. The van der Waals surface area contributed by atoms with Gasteiger partial charge in [0.25, 0.3) is 11.8 Å². The zero-order valence-electron chi connectivity index (χ0n) is 17.0. The smallest absolute Gasteiger partial charge is 0.322 e. The summed E-state index contributed by atoms with van der Waals surface area (Å²) >= 11 is 0. The SMILES string of the molecule is CN(Cc1ccccc1)S(=O)(=O)c1ccc(C(=O)Nc2nnc(-c3ccccn3)o2)cc1. The Morgan fingerprint density at radius 2 is 1.69 bits per heavy atom. The Morgan fingerprint density at radius 3 is 2.38 bits per heavy atom. The molecule has 0 fully saturated rings. The molecule has 0 saturated carbocycles. The van der Waals surface area contributed by atoms with E-state index in [1.54, 1.807) is 24.4 Å². The molecule has 0 radical (unpaired) electrons. The molecule has 0 bridgehead atoms. The average molecular weight is 449 g/mol. The van der Waals surface area contributed by atoms with Gasteiger partial charge in [-0.2, -0.15) is 4.31 Å². The summed E-state index contributed by atoms with van der Waals surface area (Å²) in [5, 5.41) is 10.1. The predicted octanol–water partition coefficient (Wildman–Crippen LogP) is 3.20. The molecule has 2 aromatic carbocycles. The van der Waals surface area contributed by atoms with E-state index in [2.05, 4.69) is 20.5 Å². The molecule has 2 aromatic heterocycles. The van der Waals surface area contributed by atoms with Crippen LogP contribution in [-0.2, 0) is 16.6 Å². The van der Waals surface area contributed by atoms with Gasteiger partial charge in [0.05, 0.1) is 4.90 Å². The summed E-state index contributed by atoms with van der Waals surface area (Å²) in [6.45, 7) is 0.237. The number of nitrogens with one attached hydrogen (secondary N) is 1. The molecule has 0 aliphatic heterocycles. The van der Waals surface area contributed by atoms with Crippen LogP contribution in [0.3, 0.4) is 0 Å². The normalized spacial score (nSPS) is 11.4. The summed E-state index contributed by atoms with van der Waals surface area (Å²) < 4.78 is 32.3. The van der Waals surface area contributed by atoms with Gasteiger partial charge in [-0.3, -0.25) is 15.1 Å². The zero-order valence-corrected chi connectivity index (χ0v) is 17.9. The van der Waals surface area contributed by atoms with Crippen LogP contribution in [0.1, 0.15) is 15.9 Å². The fourth-order valence-corrected chi connectivity index (χ4v) is 4.08. The highest BCUT2D eigenvalue weighted by Gasteiger charge is 2.21. The third-order valence-corrected chi connectivity index (χ3v) is 6.42. The maximum absolute atomic E-state index is 12.8. The Bertz CT molecular complexity index is 1310. The lowest BCUT2D eigenvalue weighted by atomic mass is 10.2. The number of nitrogens with zero attached hydrogens (tertiary/aromatic N) is 4. The third-order valence-electron chi connectivity index (χ3n) is 4.60. The van der Waals surface area contributed by atoms with Crippen LogP contribution in [0.25, 0.3) is 11.6 Å². The molecule has 4 rings (SSSR count). The van der Waals surface area contributed by atoms with Gasteiger partial charge in [-0.25, -0.2) is 8.42 Å². The van der Waals surface area contributed by atoms with Gasteiger partial charge in [0.15, 0.2) is 0 Å². The van der Waals surface area contributed by atoms with E-state index >= 15 is 0 Å². The average Bonchev–Trinajstić information content (AvgIpc) is 3.29. The first-order valence-electron chi connectivity index (χ1n) is 9.60. The maximum atomic E-state index is 12.8. The van der Waals surface area contributed by atoms with Crippen LogP contribution >= 0.6 is 0 Å². The van der Waals surface area contributed by atoms with Crippen molar-refractivity contribution < 1.29 is 17.6 Å². The Morgan fingerprint density at radius 1 is 0.969 bits per heavy atom. The molecule has 0 atom stereocenters. The number of carbonyl (C=O) groups excluding carboxylic acids is 1. The van der Waals surface area contributed by atoms with Crippen LogP contribution in [0.5, 0.6) is 0 Å². The van der Waals surface area contributed by atoms with Crippen LogP contribution in [0, 0.1) is 0 Å². The van der Waals surface area contributed by atoms with E-state index in [1.165, 1.54) is 35.6 Å². The zero-order chi connectivity index (χ0) is 22.6. The highest BCUT2D eigenvalue weighted by Crippen LogP contribution is 2.20. The molecule has 10 heteroatoms. The summed E-state index contributed by atoms with van der Waals surface area (Å²) in [5.41, 5.74) is 1.60. The van der Waals surface area contributed by atoms with Crippen molar-refractivity contribution in [2.75, 3.05) is 12.4 Å². The molecule has 2 heterocycles. The van der Waals surface area contributed by atoms with E-state index in [0.29, 0.717) is 5.69 Å². The lowest BCUT2D eigenvalue weighted by Gasteiger charge is -2.17. The Balaban J connectivity index is 1.44. The van der Waals surface area contributed by atoms with Crippen LogP contribution in [0.15, 0.2) is 88.3 Å². The second kappa shape index (κ2) is 9.08. The molecule has 162 valence electrons. The predicted molar refractivity (Wildman–Crippen MR) is 117 cm³/mol. The van der Waals surface area contributed by atoms with Crippen molar-refractivity contribution in [1.29, 1.82) is 0 Å². The largest absolute Gasteiger partial charge is 0.401 e. The van der Waals surface area contributed by atoms with Gasteiger partial charge in [-0.1, -0.05) is 41.5 Å². The van der Waals surface area contributed by atoms with Crippen molar-refractivity contribution in [2.24, 2.45) is 0 Å². The molecule has 0 spiro atoms. The fraction of sp³-hybridized carbons (Fsp3) is 0.0909. The molecule has 32 heavy (non-hydrogen) atoms. The van der Waals surface area contributed by atoms with Gasteiger partial charge in [0.1, 0.15) is 5.69 Å². The Hall–Kier alpha value is -3.89. The van der Waals surface area contributed by atoms with Crippen molar-refractivity contribution in [3.05, 3.63) is 90.1 Å². The minimum atomic E-state index is -3.71. The summed E-state index contributed by atoms with van der Waals surface area (Å²) in [6.07, 6.45) is 1.59. The van der Waals surface area contributed by atoms with Gasteiger partial charge in [0, 0.05) is 25.4 Å². The fourth-order valence-electron chi connectivity index (χ4n) is 2.92. The van der Waals surface area contributed by atoms with Gasteiger partial charge in [-0.15, -0.1) is 5.10 Å². The number of rotatable bonds is 7.